The van der Waals surface area contributed by atoms with E-state index in [1.165, 1.54) is 0 Å². The maximum atomic E-state index is 5.73. The van der Waals surface area contributed by atoms with Gasteiger partial charge in [-0.2, -0.15) is 11.8 Å². The lowest BCUT2D eigenvalue weighted by Crippen LogP contribution is -2.41. The molecular weight excluding hydrogens is 244 g/mol. The fourth-order valence-electron chi connectivity index (χ4n) is 2.09. The summed E-state index contributed by atoms with van der Waals surface area (Å²) in [5.74, 6) is 3.69. The lowest BCUT2D eigenvalue weighted by molar-refractivity contribution is 0.222. The molecule has 1 unspecified atom stereocenters. The minimum absolute atomic E-state index is 0.561. The van der Waals surface area contributed by atoms with Crippen molar-refractivity contribution in [1.82, 2.24) is 10.2 Å². The minimum Gasteiger partial charge on any atom is -0.464 e. The van der Waals surface area contributed by atoms with Gasteiger partial charge >= 0.3 is 0 Å². The van der Waals surface area contributed by atoms with E-state index in [1.54, 1.807) is 11.8 Å². The monoisotopic (exact) mass is 270 g/mol. The summed E-state index contributed by atoms with van der Waals surface area (Å²) < 4.78 is 5.73. The molecule has 0 aromatic carbocycles. The molecule has 0 aliphatic rings. The summed E-state index contributed by atoms with van der Waals surface area (Å²) in [4.78, 5) is 2.28. The number of nitrogens with one attached hydrogen (secondary N) is 1. The molecule has 0 amide bonds. The van der Waals surface area contributed by atoms with Gasteiger partial charge in [0.15, 0.2) is 0 Å². The Morgan fingerprint density at radius 2 is 1.94 bits per heavy atom. The zero-order valence-corrected chi connectivity index (χ0v) is 13.0. The summed E-state index contributed by atoms with van der Waals surface area (Å²) >= 11 is 1.78. The highest BCUT2D eigenvalue weighted by Crippen LogP contribution is 2.13. The molecule has 1 N–H and O–H groups in total. The van der Waals surface area contributed by atoms with Gasteiger partial charge in [-0.15, -0.1) is 0 Å². The molecule has 0 fully saturated rings. The number of hydrogen-bond donors (Lipinski definition) is 1. The quantitative estimate of drug-likeness (QED) is 0.786. The highest BCUT2D eigenvalue weighted by molar-refractivity contribution is 7.97. The van der Waals surface area contributed by atoms with E-state index in [4.69, 9.17) is 4.42 Å². The van der Waals surface area contributed by atoms with Crippen molar-refractivity contribution in [3.63, 3.8) is 0 Å². The van der Waals surface area contributed by atoms with Crippen LogP contribution in [0.1, 0.15) is 25.4 Å². The van der Waals surface area contributed by atoms with E-state index in [9.17, 15) is 0 Å². The largest absolute Gasteiger partial charge is 0.464 e. The Hall–Kier alpha value is -0.450. The van der Waals surface area contributed by atoms with Crippen LogP contribution in [0, 0.1) is 5.92 Å². The van der Waals surface area contributed by atoms with Crippen LogP contribution in [-0.2, 0) is 12.3 Å². The van der Waals surface area contributed by atoms with Crippen molar-refractivity contribution < 1.29 is 4.42 Å². The number of thioether (sulfide) groups is 1. The van der Waals surface area contributed by atoms with Crippen molar-refractivity contribution in [2.75, 3.05) is 26.9 Å². The Morgan fingerprint density at radius 1 is 1.28 bits per heavy atom. The summed E-state index contributed by atoms with van der Waals surface area (Å²) in [6.07, 6.45) is 2.09. The molecular formula is C14H26N2OS. The van der Waals surface area contributed by atoms with Crippen molar-refractivity contribution in [3.8, 4) is 0 Å². The molecule has 0 saturated heterocycles. The molecule has 1 heterocycles. The highest BCUT2D eigenvalue weighted by Gasteiger charge is 2.15. The number of nitrogens with zero attached hydrogens (tertiary/aromatic N) is 1. The molecule has 1 aromatic rings. The van der Waals surface area contributed by atoms with Crippen LogP contribution in [0.15, 0.2) is 16.5 Å². The third-order valence-corrected chi connectivity index (χ3v) is 3.66. The van der Waals surface area contributed by atoms with E-state index >= 15 is 0 Å². The number of hydrogen-bond acceptors (Lipinski definition) is 4. The van der Waals surface area contributed by atoms with Gasteiger partial charge in [-0.25, -0.2) is 0 Å². The maximum absolute atomic E-state index is 5.73. The standard InChI is InChI=1S/C14H26N2OS/c1-11(2)14(16(3)4)9-15-8-12-6-7-13(17-12)10-18-5/h6-7,11,14-15H,8-10H2,1-5H3. The average molecular weight is 270 g/mol. The summed E-state index contributed by atoms with van der Waals surface area (Å²) in [7, 11) is 4.27. The van der Waals surface area contributed by atoms with Gasteiger partial charge in [0.05, 0.1) is 12.3 Å². The molecule has 1 rings (SSSR count). The molecule has 4 heteroatoms. The van der Waals surface area contributed by atoms with Crippen LogP contribution in [-0.4, -0.2) is 37.8 Å². The number of likely N-dealkylation sites (N-methyl/N-ethyl adjacent to an activating group) is 1. The van der Waals surface area contributed by atoms with Gasteiger partial charge in [0.2, 0.25) is 0 Å². The predicted octanol–water partition coefficient (Wildman–Crippen LogP) is 2.82. The van der Waals surface area contributed by atoms with Crippen LogP contribution in [0.5, 0.6) is 0 Å². The van der Waals surface area contributed by atoms with Gasteiger partial charge in [-0.3, -0.25) is 0 Å². The second-order valence-corrected chi connectivity index (χ2v) is 6.07. The molecule has 0 aliphatic carbocycles. The topological polar surface area (TPSA) is 28.4 Å². The van der Waals surface area contributed by atoms with Crippen LogP contribution >= 0.6 is 11.8 Å². The lowest BCUT2D eigenvalue weighted by Gasteiger charge is -2.28. The number of rotatable bonds is 8. The summed E-state index contributed by atoms with van der Waals surface area (Å²) in [6, 6.07) is 4.70. The zero-order valence-electron chi connectivity index (χ0n) is 12.2. The van der Waals surface area contributed by atoms with Gasteiger partial charge in [-0.05, 0) is 38.4 Å². The molecule has 0 saturated carbocycles. The molecule has 104 valence electrons. The second kappa shape index (κ2) is 7.87. The van der Waals surface area contributed by atoms with E-state index < -0.39 is 0 Å². The minimum atomic E-state index is 0.561. The van der Waals surface area contributed by atoms with Crippen molar-refractivity contribution in [1.29, 1.82) is 0 Å². The molecule has 0 radical (unpaired) electrons. The van der Waals surface area contributed by atoms with Crippen LogP contribution in [0.4, 0.5) is 0 Å². The first kappa shape index (κ1) is 15.6. The van der Waals surface area contributed by atoms with Gasteiger partial charge in [-0.1, -0.05) is 13.8 Å². The molecule has 3 nitrogen and oxygen atoms in total. The van der Waals surface area contributed by atoms with Crippen molar-refractivity contribution >= 4 is 11.8 Å². The first-order valence-corrected chi connectivity index (χ1v) is 7.87. The van der Waals surface area contributed by atoms with E-state index in [1.807, 2.05) is 0 Å². The van der Waals surface area contributed by atoms with Gasteiger partial charge < -0.3 is 14.6 Å². The SMILES string of the molecule is CSCc1ccc(CNCC(C(C)C)N(C)C)o1. The lowest BCUT2D eigenvalue weighted by atomic mass is 10.0. The van der Waals surface area contributed by atoms with Crippen molar-refractivity contribution in [2.24, 2.45) is 5.92 Å². The van der Waals surface area contributed by atoms with E-state index in [2.05, 4.69) is 56.5 Å². The smallest absolute Gasteiger partial charge is 0.118 e. The maximum Gasteiger partial charge on any atom is 0.118 e. The van der Waals surface area contributed by atoms with E-state index in [0.717, 1.165) is 30.4 Å². The summed E-state index contributed by atoms with van der Waals surface area (Å²) in [6.45, 7) is 6.32. The van der Waals surface area contributed by atoms with Gasteiger partial charge in [0.25, 0.3) is 0 Å². The number of furan rings is 1. The van der Waals surface area contributed by atoms with E-state index in [-0.39, 0.29) is 0 Å². The predicted molar refractivity (Wildman–Crippen MR) is 79.9 cm³/mol. The molecule has 0 spiro atoms. The van der Waals surface area contributed by atoms with Crippen molar-refractivity contribution in [3.05, 3.63) is 23.7 Å². The first-order chi connectivity index (χ1) is 8.54. The van der Waals surface area contributed by atoms with Gasteiger partial charge in [0.1, 0.15) is 11.5 Å². The Kier molecular flexibility index (Phi) is 6.82. The van der Waals surface area contributed by atoms with Crippen LogP contribution in [0.2, 0.25) is 0 Å². The highest BCUT2D eigenvalue weighted by atomic mass is 32.2. The summed E-state index contributed by atoms with van der Waals surface area (Å²) in [5.41, 5.74) is 0. The Morgan fingerprint density at radius 3 is 2.50 bits per heavy atom. The van der Waals surface area contributed by atoms with Crippen LogP contribution < -0.4 is 5.32 Å². The molecule has 0 aliphatic heterocycles. The second-order valence-electron chi connectivity index (χ2n) is 5.21. The van der Waals surface area contributed by atoms with Crippen LogP contribution in [0.3, 0.4) is 0 Å². The molecule has 0 bridgehead atoms. The molecule has 1 atom stereocenters. The zero-order chi connectivity index (χ0) is 13.5. The van der Waals surface area contributed by atoms with Crippen LogP contribution in [0.25, 0.3) is 0 Å². The van der Waals surface area contributed by atoms with E-state index in [0.29, 0.717) is 12.0 Å². The Bertz CT molecular complexity index is 328. The first-order valence-electron chi connectivity index (χ1n) is 6.48. The molecule has 1 aromatic heterocycles. The fraction of sp³-hybridized carbons (Fsp3) is 0.714. The third kappa shape index (κ3) is 5.04. The normalized spacial score (nSPS) is 13.5. The summed E-state index contributed by atoms with van der Waals surface area (Å²) in [5, 5.41) is 3.48. The fourth-order valence-corrected chi connectivity index (χ4v) is 2.53. The van der Waals surface area contributed by atoms with Crippen molar-refractivity contribution in [2.45, 2.75) is 32.2 Å². The third-order valence-electron chi connectivity index (χ3n) is 3.09. The van der Waals surface area contributed by atoms with Gasteiger partial charge in [0, 0.05) is 12.6 Å². The Labute approximate surface area is 115 Å². The average Bonchev–Trinajstić information content (AvgIpc) is 2.71. The molecule has 18 heavy (non-hydrogen) atoms. The Balaban J connectivity index is 2.35.